The van der Waals surface area contributed by atoms with Crippen LogP contribution in [0.4, 0.5) is 22.0 Å². The van der Waals surface area contributed by atoms with Crippen LogP contribution in [0.3, 0.4) is 0 Å². The summed E-state index contributed by atoms with van der Waals surface area (Å²) in [6.07, 6.45) is -7.54. The molecule has 0 spiro atoms. The number of hydrogen-bond donors (Lipinski definition) is 0. The van der Waals surface area contributed by atoms with E-state index in [9.17, 15) is 22.0 Å². The summed E-state index contributed by atoms with van der Waals surface area (Å²) in [5.41, 5.74) is -0.974. The van der Waals surface area contributed by atoms with Crippen molar-refractivity contribution in [2.24, 2.45) is 0 Å². The first-order valence-corrected chi connectivity index (χ1v) is 2.86. The van der Waals surface area contributed by atoms with Gasteiger partial charge in [0.05, 0.1) is 0 Å². The molecule has 0 atom stereocenters. The van der Waals surface area contributed by atoms with Crippen LogP contribution >= 0.6 is 0 Å². The summed E-state index contributed by atoms with van der Waals surface area (Å²) in [6, 6.07) is 0. The SMILES string of the molecule is C/C(=C\CC(F)F)C(F)(F)F. The molecule has 0 aromatic rings. The Kier molecular flexibility index (Phi) is 3.48. The van der Waals surface area contributed by atoms with Crippen molar-refractivity contribution in [3.63, 3.8) is 0 Å². The molecular formula is C6H7F5. The summed E-state index contributed by atoms with van der Waals surface area (Å²) in [5.74, 6) is 0. The maximum Gasteiger partial charge on any atom is 0.412 e. The van der Waals surface area contributed by atoms with E-state index in [1.807, 2.05) is 0 Å². The minimum absolute atomic E-state index is 0.491. The van der Waals surface area contributed by atoms with Crippen LogP contribution in [0, 0.1) is 0 Å². The molecule has 0 saturated heterocycles. The second-order valence-electron chi connectivity index (χ2n) is 2.01. The Bertz CT molecular complexity index is 144. The third-order valence-electron chi connectivity index (χ3n) is 1.05. The van der Waals surface area contributed by atoms with Crippen molar-refractivity contribution < 1.29 is 22.0 Å². The predicted molar refractivity (Wildman–Crippen MR) is 30.4 cm³/mol. The van der Waals surface area contributed by atoms with Crippen molar-refractivity contribution in [1.29, 1.82) is 0 Å². The normalized spacial score (nSPS) is 14.3. The van der Waals surface area contributed by atoms with Gasteiger partial charge < -0.3 is 0 Å². The molecule has 66 valence electrons. The van der Waals surface area contributed by atoms with E-state index in [1.54, 1.807) is 0 Å². The lowest BCUT2D eigenvalue weighted by molar-refractivity contribution is -0.0917. The molecule has 0 rings (SSSR count). The molecule has 0 amide bonds. The van der Waals surface area contributed by atoms with Gasteiger partial charge in [-0.05, 0) is 6.92 Å². The Labute approximate surface area is 60.7 Å². The highest BCUT2D eigenvalue weighted by molar-refractivity contribution is 5.04. The van der Waals surface area contributed by atoms with E-state index in [0.717, 1.165) is 6.92 Å². The Morgan fingerprint density at radius 3 is 2.09 bits per heavy atom. The van der Waals surface area contributed by atoms with Gasteiger partial charge in [-0.2, -0.15) is 13.2 Å². The van der Waals surface area contributed by atoms with E-state index < -0.39 is 24.6 Å². The average molecular weight is 174 g/mol. The molecule has 0 fully saturated rings. The molecule has 11 heavy (non-hydrogen) atoms. The van der Waals surface area contributed by atoms with Gasteiger partial charge in [-0.25, -0.2) is 8.78 Å². The highest BCUT2D eigenvalue weighted by atomic mass is 19.4. The van der Waals surface area contributed by atoms with Crippen LogP contribution in [0.15, 0.2) is 11.6 Å². The summed E-state index contributed by atoms with van der Waals surface area (Å²) >= 11 is 0. The molecule has 0 aromatic carbocycles. The molecule has 0 heterocycles. The Morgan fingerprint density at radius 1 is 1.36 bits per heavy atom. The fourth-order valence-corrected chi connectivity index (χ4v) is 0.382. The maximum atomic E-state index is 11.6. The van der Waals surface area contributed by atoms with Crippen LogP contribution < -0.4 is 0 Å². The summed E-state index contributed by atoms with van der Waals surface area (Å²) in [4.78, 5) is 0. The number of hydrogen-bond acceptors (Lipinski definition) is 0. The van der Waals surface area contributed by atoms with Crippen LogP contribution in [-0.4, -0.2) is 12.6 Å². The van der Waals surface area contributed by atoms with Crippen LogP contribution in [-0.2, 0) is 0 Å². The van der Waals surface area contributed by atoms with Crippen LogP contribution in [0.1, 0.15) is 13.3 Å². The lowest BCUT2D eigenvalue weighted by Crippen LogP contribution is -2.09. The molecule has 0 saturated carbocycles. The lowest BCUT2D eigenvalue weighted by atomic mass is 10.2. The van der Waals surface area contributed by atoms with Crippen LogP contribution in [0.5, 0.6) is 0 Å². The molecule has 0 aromatic heterocycles. The number of halogens is 5. The van der Waals surface area contributed by atoms with Gasteiger partial charge in [0.25, 0.3) is 0 Å². The summed E-state index contributed by atoms with van der Waals surface area (Å²) in [5, 5.41) is 0. The van der Waals surface area contributed by atoms with E-state index in [2.05, 4.69) is 0 Å². The molecular weight excluding hydrogens is 167 g/mol. The van der Waals surface area contributed by atoms with E-state index in [-0.39, 0.29) is 0 Å². The number of alkyl halides is 5. The zero-order valence-corrected chi connectivity index (χ0v) is 5.75. The van der Waals surface area contributed by atoms with Crippen molar-refractivity contribution >= 4 is 0 Å². The minimum Gasteiger partial charge on any atom is -0.210 e. The van der Waals surface area contributed by atoms with Gasteiger partial charge in [-0.15, -0.1) is 0 Å². The smallest absolute Gasteiger partial charge is 0.210 e. The number of rotatable bonds is 2. The molecule has 0 aliphatic rings. The molecule has 0 nitrogen and oxygen atoms in total. The fraction of sp³-hybridized carbons (Fsp3) is 0.667. The quantitative estimate of drug-likeness (QED) is 0.445. The molecule has 0 aliphatic carbocycles. The van der Waals surface area contributed by atoms with Gasteiger partial charge in [0.1, 0.15) is 0 Å². The Hall–Kier alpha value is -0.610. The summed E-state index contributed by atoms with van der Waals surface area (Å²) in [7, 11) is 0. The van der Waals surface area contributed by atoms with Gasteiger partial charge in [-0.1, -0.05) is 6.08 Å². The van der Waals surface area contributed by atoms with Crippen molar-refractivity contribution in [1.82, 2.24) is 0 Å². The van der Waals surface area contributed by atoms with E-state index in [0.29, 0.717) is 6.08 Å². The third kappa shape index (κ3) is 4.75. The summed E-state index contributed by atoms with van der Waals surface area (Å²) < 4.78 is 57.5. The van der Waals surface area contributed by atoms with E-state index in [4.69, 9.17) is 0 Å². The zero-order chi connectivity index (χ0) is 9.07. The lowest BCUT2D eigenvalue weighted by Gasteiger charge is -2.05. The van der Waals surface area contributed by atoms with Crippen molar-refractivity contribution in [2.75, 3.05) is 0 Å². The van der Waals surface area contributed by atoms with Crippen molar-refractivity contribution in [3.05, 3.63) is 11.6 Å². The molecule has 0 radical (unpaired) electrons. The van der Waals surface area contributed by atoms with Gasteiger partial charge in [0.15, 0.2) is 0 Å². The minimum atomic E-state index is -4.48. The largest absolute Gasteiger partial charge is 0.412 e. The summed E-state index contributed by atoms with van der Waals surface area (Å²) in [6.45, 7) is 0.766. The van der Waals surface area contributed by atoms with E-state index >= 15 is 0 Å². The third-order valence-corrected chi connectivity index (χ3v) is 1.05. The predicted octanol–water partition coefficient (Wildman–Crippen LogP) is 3.15. The monoisotopic (exact) mass is 174 g/mol. The Morgan fingerprint density at radius 2 is 1.82 bits per heavy atom. The zero-order valence-electron chi connectivity index (χ0n) is 5.75. The second-order valence-corrected chi connectivity index (χ2v) is 2.01. The standard InChI is InChI=1S/C6H7F5/c1-4(6(9,10)11)2-3-5(7)8/h2,5H,3H2,1H3/b4-2+. The first-order chi connectivity index (χ1) is 4.84. The first-order valence-electron chi connectivity index (χ1n) is 2.86. The van der Waals surface area contributed by atoms with Crippen molar-refractivity contribution in [2.45, 2.75) is 25.9 Å². The highest BCUT2D eigenvalue weighted by Crippen LogP contribution is 2.25. The maximum absolute atomic E-state index is 11.6. The van der Waals surface area contributed by atoms with Crippen molar-refractivity contribution in [3.8, 4) is 0 Å². The topological polar surface area (TPSA) is 0 Å². The number of allylic oxidation sites excluding steroid dienone is 2. The average Bonchev–Trinajstić information content (AvgIpc) is 1.80. The Balaban J connectivity index is 4.02. The van der Waals surface area contributed by atoms with Gasteiger partial charge in [-0.3, -0.25) is 0 Å². The molecule has 0 bridgehead atoms. The van der Waals surface area contributed by atoms with Crippen LogP contribution in [0.2, 0.25) is 0 Å². The van der Waals surface area contributed by atoms with Gasteiger partial charge in [0, 0.05) is 12.0 Å². The molecule has 0 aliphatic heterocycles. The fourth-order valence-electron chi connectivity index (χ4n) is 0.382. The molecule has 0 unspecified atom stereocenters. The van der Waals surface area contributed by atoms with Crippen LogP contribution in [0.25, 0.3) is 0 Å². The highest BCUT2D eigenvalue weighted by Gasteiger charge is 2.29. The second kappa shape index (κ2) is 3.69. The van der Waals surface area contributed by atoms with Gasteiger partial charge in [0.2, 0.25) is 6.43 Å². The van der Waals surface area contributed by atoms with E-state index in [1.165, 1.54) is 0 Å². The molecule has 0 N–H and O–H groups in total. The molecule has 5 heteroatoms. The van der Waals surface area contributed by atoms with Gasteiger partial charge >= 0.3 is 6.18 Å². The first kappa shape index (κ1) is 10.4.